The molecule has 0 bridgehead atoms. The van der Waals surface area contributed by atoms with Crippen LogP contribution < -0.4 is 0 Å². The first-order chi connectivity index (χ1) is 7.84. The Morgan fingerprint density at radius 2 is 2.12 bits per heavy atom. The van der Waals surface area contributed by atoms with E-state index in [0.717, 1.165) is 5.76 Å². The van der Waals surface area contributed by atoms with Crippen molar-refractivity contribution in [3.8, 4) is 0 Å². The summed E-state index contributed by atoms with van der Waals surface area (Å²) in [6.45, 7) is 5.33. The second-order valence-corrected chi connectivity index (χ2v) is 4.88. The molecule has 5 nitrogen and oxygen atoms in total. The lowest BCUT2D eigenvalue weighted by Gasteiger charge is -2.34. The van der Waals surface area contributed by atoms with Gasteiger partial charge in [0.25, 0.3) is 0 Å². The number of carbonyl (C=O) groups excluding carboxylic acids is 1. The molecule has 1 atom stereocenters. The van der Waals surface area contributed by atoms with Crippen LogP contribution in [0.5, 0.6) is 0 Å². The average molecular weight is 239 g/mol. The number of hydrogen-bond acceptors (Lipinski definition) is 4. The van der Waals surface area contributed by atoms with E-state index in [1.54, 1.807) is 33.1 Å². The van der Waals surface area contributed by atoms with E-state index in [9.17, 15) is 9.90 Å². The van der Waals surface area contributed by atoms with Gasteiger partial charge < -0.3 is 14.3 Å². The third-order valence-electron chi connectivity index (χ3n) is 3.39. The molecule has 1 unspecified atom stereocenters. The Bertz CT molecular complexity index is 408. The van der Waals surface area contributed by atoms with Crippen molar-refractivity contribution in [2.75, 3.05) is 6.54 Å². The Kier molecular flexibility index (Phi) is 2.66. The number of cyclic esters (lactones) is 1. The van der Waals surface area contributed by atoms with Gasteiger partial charge in [-0.25, -0.2) is 4.79 Å². The van der Waals surface area contributed by atoms with E-state index < -0.39 is 17.4 Å². The number of furan rings is 1. The van der Waals surface area contributed by atoms with Crippen molar-refractivity contribution in [1.29, 1.82) is 0 Å². The summed E-state index contributed by atoms with van der Waals surface area (Å²) in [6, 6.07) is 3.63. The smallest absolute Gasteiger partial charge is 0.412 e. The van der Waals surface area contributed by atoms with Gasteiger partial charge in [0.2, 0.25) is 0 Å². The van der Waals surface area contributed by atoms with Crippen molar-refractivity contribution < 1.29 is 19.1 Å². The molecule has 94 valence electrons. The lowest BCUT2D eigenvalue weighted by molar-refractivity contribution is -0.127. The maximum Gasteiger partial charge on any atom is 0.412 e. The molecule has 0 aromatic carbocycles. The maximum atomic E-state index is 11.7. The molecule has 0 saturated carbocycles. The summed E-state index contributed by atoms with van der Waals surface area (Å²) in [5, 5.41) is 10.3. The zero-order valence-corrected chi connectivity index (χ0v) is 10.3. The number of aliphatic hydroxyl groups is 1. The van der Waals surface area contributed by atoms with Crippen LogP contribution in [0.25, 0.3) is 0 Å². The molecule has 1 saturated heterocycles. The summed E-state index contributed by atoms with van der Waals surface area (Å²) >= 11 is 0. The molecule has 1 aromatic heterocycles. The Morgan fingerprint density at radius 3 is 2.59 bits per heavy atom. The van der Waals surface area contributed by atoms with Crippen molar-refractivity contribution in [3.05, 3.63) is 24.2 Å². The molecule has 0 radical (unpaired) electrons. The van der Waals surface area contributed by atoms with E-state index in [1.807, 2.05) is 6.07 Å². The van der Waals surface area contributed by atoms with Crippen LogP contribution in [0.2, 0.25) is 0 Å². The molecule has 1 fully saturated rings. The molecule has 2 heterocycles. The van der Waals surface area contributed by atoms with Gasteiger partial charge in [-0.2, -0.15) is 0 Å². The second-order valence-electron chi connectivity index (χ2n) is 4.88. The van der Waals surface area contributed by atoms with Gasteiger partial charge in [-0.15, -0.1) is 0 Å². The molecule has 2 rings (SSSR count). The Morgan fingerprint density at radius 1 is 1.41 bits per heavy atom. The van der Waals surface area contributed by atoms with Gasteiger partial charge in [-0.3, -0.25) is 4.90 Å². The molecule has 1 aliphatic rings. The van der Waals surface area contributed by atoms with E-state index in [-0.39, 0.29) is 0 Å². The third kappa shape index (κ3) is 1.91. The summed E-state index contributed by atoms with van der Waals surface area (Å²) in [5.41, 5.74) is -2.22. The van der Waals surface area contributed by atoms with E-state index in [1.165, 1.54) is 4.90 Å². The van der Waals surface area contributed by atoms with Gasteiger partial charge >= 0.3 is 6.09 Å². The number of ether oxygens (including phenoxy) is 1. The highest BCUT2D eigenvalue weighted by Gasteiger charge is 2.56. The molecule has 0 spiro atoms. The average Bonchev–Trinajstić information content (AvgIpc) is 2.73. The molecule has 1 aliphatic heterocycles. The van der Waals surface area contributed by atoms with Crippen LogP contribution in [0.1, 0.15) is 26.5 Å². The van der Waals surface area contributed by atoms with Crippen LogP contribution in [0.15, 0.2) is 22.8 Å². The second kappa shape index (κ2) is 3.77. The molecule has 1 amide bonds. The molecule has 5 heteroatoms. The van der Waals surface area contributed by atoms with Crippen molar-refractivity contribution in [3.63, 3.8) is 0 Å². The van der Waals surface area contributed by atoms with Gasteiger partial charge in [0.05, 0.1) is 6.26 Å². The van der Waals surface area contributed by atoms with Crippen molar-refractivity contribution in [1.82, 2.24) is 4.90 Å². The predicted octanol–water partition coefficient (Wildman–Crippen LogP) is 1.76. The largest absolute Gasteiger partial charge is 0.469 e. The molecule has 1 N–H and O–H groups in total. The minimum Gasteiger partial charge on any atom is -0.469 e. The van der Waals surface area contributed by atoms with Crippen molar-refractivity contribution in [2.24, 2.45) is 0 Å². The van der Waals surface area contributed by atoms with Crippen LogP contribution in [0, 0.1) is 0 Å². The lowest BCUT2D eigenvalue weighted by Crippen LogP contribution is -2.53. The predicted molar refractivity (Wildman–Crippen MR) is 60.3 cm³/mol. The monoisotopic (exact) mass is 239 g/mol. The minimum absolute atomic E-state index is 0.364. The standard InChI is InChI=1S/C12H17NO4/c1-11(2)12(3,15)13(10(14)17-11)7-6-9-5-4-8-16-9/h4-5,8,15H,6-7H2,1-3H3. The zero-order chi connectivity index (χ0) is 12.7. The van der Waals surface area contributed by atoms with Crippen LogP contribution in [0.3, 0.4) is 0 Å². The Labute approximate surface area is 100.0 Å². The highest BCUT2D eigenvalue weighted by Crippen LogP contribution is 2.36. The first kappa shape index (κ1) is 12.0. The van der Waals surface area contributed by atoms with Gasteiger partial charge in [-0.05, 0) is 32.9 Å². The molecular weight excluding hydrogens is 222 g/mol. The fourth-order valence-electron chi connectivity index (χ4n) is 1.86. The van der Waals surface area contributed by atoms with Crippen molar-refractivity contribution in [2.45, 2.75) is 38.5 Å². The summed E-state index contributed by atoms with van der Waals surface area (Å²) in [5.74, 6) is 0.776. The summed E-state index contributed by atoms with van der Waals surface area (Å²) in [7, 11) is 0. The summed E-state index contributed by atoms with van der Waals surface area (Å²) in [6.07, 6.45) is 1.64. The van der Waals surface area contributed by atoms with E-state index in [2.05, 4.69) is 0 Å². The van der Waals surface area contributed by atoms with E-state index in [4.69, 9.17) is 9.15 Å². The SMILES string of the molecule is CC1(C)OC(=O)N(CCc2ccco2)C1(C)O. The molecule has 0 aliphatic carbocycles. The quantitative estimate of drug-likeness (QED) is 0.873. The number of hydrogen-bond donors (Lipinski definition) is 1. The number of nitrogens with zero attached hydrogens (tertiary/aromatic N) is 1. The minimum atomic E-state index is -1.31. The molecule has 1 aromatic rings. The summed E-state index contributed by atoms with van der Waals surface area (Å²) < 4.78 is 10.3. The zero-order valence-electron chi connectivity index (χ0n) is 10.3. The molecule has 17 heavy (non-hydrogen) atoms. The van der Waals surface area contributed by atoms with Crippen LogP contribution in [-0.2, 0) is 11.2 Å². The van der Waals surface area contributed by atoms with Crippen LogP contribution >= 0.6 is 0 Å². The first-order valence-corrected chi connectivity index (χ1v) is 5.60. The normalized spacial score (nSPS) is 27.3. The number of rotatable bonds is 3. The van der Waals surface area contributed by atoms with Gasteiger partial charge in [0.1, 0.15) is 5.76 Å². The van der Waals surface area contributed by atoms with E-state index in [0.29, 0.717) is 13.0 Å². The Hall–Kier alpha value is -1.49. The molecular formula is C12H17NO4. The highest BCUT2D eigenvalue weighted by molar-refractivity contribution is 5.72. The van der Waals surface area contributed by atoms with E-state index >= 15 is 0 Å². The third-order valence-corrected chi connectivity index (χ3v) is 3.39. The Balaban J connectivity index is 2.08. The maximum absolute atomic E-state index is 11.7. The number of amides is 1. The van der Waals surface area contributed by atoms with Crippen LogP contribution in [-0.4, -0.2) is 34.0 Å². The highest BCUT2D eigenvalue weighted by atomic mass is 16.6. The lowest BCUT2D eigenvalue weighted by atomic mass is 9.96. The van der Waals surface area contributed by atoms with Crippen LogP contribution in [0.4, 0.5) is 4.79 Å². The van der Waals surface area contributed by atoms with Gasteiger partial charge in [0.15, 0.2) is 11.3 Å². The van der Waals surface area contributed by atoms with Gasteiger partial charge in [-0.1, -0.05) is 0 Å². The van der Waals surface area contributed by atoms with Crippen molar-refractivity contribution >= 4 is 6.09 Å². The number of carbonyl (C=O) groups is 1. The summed E-state index contributed by atoms with van der Waals surface area (Å²) in [4.78, 5) is 13.0. The fraction of sp³-hybridized carbons (Fsp3) is 0.583. The van der Waals surface area contributed by atoms with Gasteiger partial charge in [0, 0.05) is 13.0 Å². The first-order valence-electron chi connectivity index (χ1n) is 5.60. The fourth-order valence-corrected chi connectivity index (χ4v) is 1.86. The topological polar surface area (TPSA) is 62.9 Å².